The molecule has 2 heterocycles. The van der Waals surface area contributed by atoms with E-state index in [0.717, 1.165) is 18.7 Å². The molecule has 6 heteroatoms. The zero-order chi connectivity index (χ0) is 15.5. The SMILES string of the molecule is Cc1nn(-c2ccccc2)c(Cl)c1C(=O)NC[C@H]1CCOC1. The van der Waals surface area contributed by atoms with Gasteiger partial charge in [0.2, 0.25) is 0 Å². The number of nitrogens with zero attached hydrogens (tertiary/aromatic N) is 2. The standard InChI is InChI=1S/C16H18ClN3O2/c1-11-14(16(21)18-9-12-7-8-22-10-12)15(17)20(19-11)13-5-3-2-4-6-13/h2-6,12H,7-10H2,1H3,(H,18,21)/t12-/m1/s1. The van der Waals surface area contributed by atoms with Crippen LogP contribution in [-0.2, 0) is 4.74 Å². The highest BCUT2D eigenvalue weighted by atomic mass is 35.5. The number of halogens is 1. The van der Waals surface area contributed by atoms with Crippen LogP contribution in [0.15, 0.2) is 30.3 Å². The lowest BCUT2D eigenvalue weighted by molar-refractivity contribution is 0.0944. The Morgan fingerprint density at radius 1 is 1.45 bits per heavy atom. The number of aryl methyl sites for hydroxylation is 1. The maximum Gasteiger partial charge on any atom is 0.256 e. The second kappa shape index (κ2) is 6.50. The normalized spacial score (nSPS) is 17.6. The molecule has 0 bridgehead atoms. The van der Waals surface area contributed by atoms with Crippen molar-refractivity contribution in [3.8, 4) is 5.69 Å². The fourth-order valence-corrected chi connectivity index (χ4v) is 2.93. The summed E-state index contributed by atoms with van der Waals surface area (Å²) in [4.78, 5) is 12.4. The highest BCUT2D eigenvalue weighted by molar-refractivity contribution is 6.33. The van der Waals surface area contributed by atoms with E-state index in [1.807, 2.05) is 30.3 Å². The number of ether oxygens (including phenoxy) is 1. The number of nitrogens with one attached hydrogen (secondary N) is 1. The van der Waals surface area contributed by atoms with Crippen LogP contribution < -0.4 is 5.32 Å². The molecule has 1 aliphatic rings. The topological polar surface area (TPSA) is 56.2 Å². The van der Waals surface area contributed by atoms with Crippen molar-refractivity contribution >= 4 is 17.5 Å². The fourth-order valence-electron chi connectivity index (χ4n) is 2.57. The molecule has 1 saturated heterocycles. The van der Waals surface area contributed by atoms with Crippen molar-refractivity contribution in [3.63, 3.8) is 0 Å². The van der Waals surface area contributed by atoms with Crippen molar-refractivity contribution in [2.45, 2.75) is 13.3 Å². The minimum atomic E-state index is -0.184. The molecule has 5 nitrogen and oxygen atoms in total. The summed E-state index contributed by atoms with van der Waals surface area (Å²) in [7, 11) is 0. The van der Waals surface area contributed by atoms with Gasteiger partial charge in [-0.1, -0.05) is 29.8 Å². The van der Waals surface area contributed by atoms with Gasteiger partial charge in [-0.15, -0.1) is 0 Å². The van der Waals surface area contributed by atoms with Crippen LogP contribution in [0.5, 0.6) is 0 Å². The van der Waals surface area contributed by atoms with Crippen molar-refractivity contribution in [3.05, 3.63) is 46.7 Å². The van der Waals surface area contributed by atoms with Gasteiger partial charge >= 0.3 is 0 Å². The molecule has 1 fully saturated rings. The number of para-hydroxylation sites is 1. The third kappa shape index (κ3) is 3.00. The molecular formula is C16H18ClN3O2. The van der Waals surface area contributed by atoms with Crippen LogP contribution >= 0.6 is 11.6 Å². The maximum atomic E-state index is 12.4. The van der Waals surface area contributed by atoms with Crippen LogP contribution in [0.25, 0.3) is 5.69 Å². The van der Waals surface area contributed by atoms with Gasteiger partial charge in [0, 0.05) is 19.1 Å². The van der Waals surface area contributed by atoms with E-state index in [1.165, 1.54) is 0 Å². The minimum Gasteiger partial charge on any atom is -0.381 e. The van der Waals surface area contributed by atoms with Gasteiger partial charge in [0.05, 0.1) is 23.6 Å². The molecule has 1 aliphatic heterocycles. The first-order valence-corrected chi connectivity index (χ1v) is 7.71. The minimum absolute atomic E-state index is 0.184. The first-order chi connectivity index (χ1) is 10.7. The average Bonchev–Trinajstić information content (AvgIpc) is 3.14. The second-order valence-corrected chi connectivity index (χ2v) is 5.80. The number of aromatic nitrogens is 2. The lowest BCUT2D eigenvalue weighted by Gasteiger charge is -2.09. The Bertz CT molecular complexity index is 664. The number of rotatable bonds is 4. The predicted octanol–water partition coefficient (Wildman–Crippen LogP) is 2.60. The van der Waals surface area contributed by atoms with Crippen molar-refractivity contribution in [2.24, 2.45) is 5.92 Å². The molecule has 1 aromatic heterocycles. The lowest BCUT2D eigenvalue weighted by atomic mass is 10.1. The van der Waals surface area contributed by atoms with Crippen molar-refractivity contribution in [1.82, 2.24) is 15.1 Å². The van der Waals surface area contributed by atoms with Crippen LogP contribution in [0.2, 0.25) is 5.15 Å². The lowest BCUT2D eigenvalue weighted by Crippen LogP contribution is -2.29. The Morgan fingerprint density at radius 3 is 2.91 bits per heavy atom. The molecule has 1 N–H and O–H groups in total. The van der Waals surface area contributed by atoms with Gasteiger partial charge in [0.15, 0.2) is 0 Å². The first kappa shape index (κ1) is 15.1. The maximum absolute atomic E-state index is 12.4. The number of carbonyl (C=O) groups is 1. The second-order valence-electron chi connectivity index (χ2n) is 5.44. The summed E-state index contributed by atoms with van der Waals surface area (Å²) in [5.74, 6) is 0.198. The molecule has 1 atom stereocenters. The summed E-state index contributed by atoms with van der Waals surface area (Å²) in [6.45, 7) is 3.87. The molecule has 0 radical (unpaired) electrons. The molecule has 1 aromatic carbocycles. The summed E-state index contributed by atoms with van der Waals surface area (Å²) < 4.78 is 6.90. The van der Waals surface area contributed by atoms with Crippen molar-refractivity contribution < 1.29 is 9.53 Å². The Balaban J connectivity index is 1.78. The van der Waals surface area contributed by atoms with Crippen LogP contribution in [-0.4, -0.2) is 35.4 Å². The van der Waals surface area contributed by atoms with Crippen molar-refractivity contribution in [1.29, 1.82) is 0 Å². The molecule has 3 rings (SSSR count). The van der Waals surface area contributed by atoms with E-state index in [2.05, 4.69) is 10.4 Å². The third-order valence-corrected chi connectivity index (χ3v) is 4.16. The summed E-state index contributed by atoms with van der Waals surface area (Å²) >= 11 is 6.37. The molecule has 0 unspecified atom stereocenters. The Kier molecular flexibility index (Phi) is 4.45. The first-order valence-electron chi connectivity index (χ1n) is 7.33. The molecule has 2 aromatic rings. The van der Waals surface area contributed by atoms with E-state index in [0.29, 0.717) is 35.5 Å². The van der Waals surface area contributed by atoms with E-state index < -0.39 is 0 Å². The van der Waals surface area contributed by atoms with Gasteiger partial charge in [0.1, 0.15) is 5.15 Å². The summed E-state index contributed by atoms with van der Waals surface area (Å²) in [6, 6.07) is 9.53. The number of amides is 1. The monoisotopic (exact) mass is 319 g/mol. The van der Waals surface area contributed by atoms with E-state index in [4.69, 9.17) is 16.3 Å². The zero-order valence-electron chi connectivity index (χ0n) is 12.4. The van der Waals surface area contributed by atoms with E-state index in [1.54, 1.807) is 11.6 Å². The van der Waals surface area contributed by atoms with Gasteiger partial charge in [0.25, 0.3) is 5.91 Å². The van der Waals surface area contributed by atoms with Gasteiger partial charge in [-0.25, -0.2) is 4.68 Å². The largest absolute Gasteiger partial charge is 0.381 e. The fraction of sp³-hybridized carbons (Fsp3) is 0.375. The predicted molar refractivity (Wildman–Crippen MR) is 84.6 cm³/mol. The molecule has 1 amide bonds. The van der Waals surface area contributed by atoms with Gasteiger partial charge in [-0.2, -0.15) is 5.10 Å². The molecule has 22 heavy (non-hydrogen) atoms. The average molecular weight is 320 g/mol. The van der Waals surface area contributed by atoms with Crippen LogP contribution in [0.1, 0.15) is 22.5 Å². The van der Waals surface area contributed by atoms with Gasteiger partial charge in [-0.05, 0) is 25.5 Å². The molecule has 0 aliphatic carbocycles. The number of carbonyl (C=O) groups excluding carboxylic acids is 1. The Labute approximate surface area is 134 Å². The summed E-state index contributed by atoms with van der Waals surface area (Å²) in [6.07, 6.45) is 0.982. The van der Waals surface area contributed by atoms with E-state index >= 15 is 0 Å². The highest BCUT2D eigenvalue weighted by Gasteiger charge is 2.22. The van der Waals surface area contributed by atoms with Crippen LogP contribution in [0.4, 0.5) is 0 Å². The van der Waals surface area contributed by atoms with E-state index in [9.17, 15) is 4.79 Å². The molecular weight excluding hydrogens is 302 g/mol. The Morgan fingerprint density at radius 2 is 2.23 bits per heavy atom. The smallest absolute Gasteiger partial charge is 0.256 e. The summed E-state index contributed by atoms with van der Waals surface area (Å²) in [5, 5.41) is 7.65. The quantitative estimate of drug-likeness (QED) is 0.942. The molecule has 0 saturated carbocycles. The van der Waals surface area contributed by atoms with E-state index in [-0.39, 0.29) is 5.91 Å². The highest BCUT2D eigenvalue weighted by Crippen LogP contribution is 2.23. The number of hydrogen-bond acceptors (Lipinski definition) is 3. The third-order valence-electron chi connectivity index (χ3n) is 3.81. The molecule has 116 valence electrons. The van der Waals surface area contributed by atoms with Gasteiger partial charge in [-0.3, -0.25) is 4.79 Å². The Hall–Kier alpha value is -1.85. The number of benzene rings is 1. The molecule has 0 spiro atoms. The van der Waals surface area contributed by atoms with Crippen molar-refractivity contribution in [2.75, 3.05) is 19.8 Å². The zero-order valence-corrected chi connectivity index (χ0v) is 13.1. The van der Waals surface area contributed by atoms with Crippen LogP contribution in [0, 0.1) is 12.8 Å². The van der Waals surface area contributed by atoms with Gasteiger partial charge < -0.3 is 10.1 Å². The number of hydrogen-bond donors (Lipinski definition) is 1. The van der Waals surface area contributed by atoms with Crippen LogP contribution in [0.3, 0.4) is 0 Å². The summed E-state index contributed by atoms with van der Waals surface area (Å²) in [5.41, 5.74) is 1.89.